The second kappa shape index (κ2) is 19.0. The zero-order chi connectivity index (χ0) is 52.5. The lowest BCUT2D eigenvalue weighted by molar-refractivity contribution is -0.137. The Morgan fingerprint density at radius 1 is 0.905 bits per heavy atom. The van der Waals surface area contributed by atoms with Crippen molar-refractivity contribution in [2.75, 3.05) is 44.1 Å². The lowest BCUT2D eigenvalue weighted by atomic mass is 9.79. The van der Waals surface area contributed by atoms with E-state index in [0.29, 0.717) is 66.1 Å². The van der Waals surface area contributed by atoms with Gasteiger partial charge in [-0.1, -0.05) is 37.3 Å². The van der Waals surface area contributed by atoms with E-state index in [-0.39, 0.29) is 84.7 Å². The van der Waals surface area contributed by atoms with Gasteiger partial charge in [-0.3, -0.25) is 10.2 Å². The third-order valence-electron chi connectivity index (χ3n) is 15.7. The average molecular weight is 1020 g/mol. The first-order valence-electron chi connectivity index (χ1n) is 25.2. The average Bonchev–Trinajstić information content (AvgIpc) is 3.89. The summed E-state index contributed by atoms with van der Waals surface area (Å²) in [5.41, 5.74) is -0.653. The predicted molar refractivity (Wildman–Crippen MR) is 272 cm³/mol. The number of benzene rings is 4. The summed E-state index contributed by atoms with van der Waals surface area (Å²) in [6.07, 6.45) is -1.65. The summed E-state index contributed by atoms with van der Waals surface area (Å²) >= 11 is 0. The van der Waals surface area contributed by atoms with Crippen LogP contribution in [-0.4, -0.2) is 71.9 Å². The zero-order valence-electron chi connectivity index (χ0n) is 42.7. The molecule has 4 heterocycles. The maximum Gasteiger partial charge on any atom is 0.418 e. The van der Waals surface area contributed by atoms with Crippen LogP contribution in [0.2, 0.25) is 0 Å². The standard InChI is InChI=1S/C58H61F6N5O5/c1-34(43-12-9-22-65-52(43)67-53(70)74-54(3,4)5)42-11-8-10-38-24-46(51(59)47-26-41(25-44(42)49(38)47)73-33-56-21-23-69(56)32-55(30-56)31-57(55,60)61)45-27-48(66-35(2)50(45)58(62,63)64)68(28-36-13-17-39(71-6)18-14-36)29-37-15-19-40(72-7)20-16-37/h9,12-20,22,24-27,34,42H,8,10-11,21,23,28-33H2,1-7H3,(H,65,67,70)/t34-,42?,55-,56+/m1/s1. The Balaban J connectivity index is 1.11. The number of aryl methyl sites for hydroxylation is 2. The highest BCUT2D eigenvalue weighted by Crippen LogP contribution is 2.70. The van der Waals surface area contributed by atoms with E-state index < -0.39 is 46.1 Å². The van der Waals surface area contributed by atoms with Crippen molar-refractivity contribution < 1.29 is 50.1 Å². The number of fused-ring (bicyclic) bond motifs is 1. The molecule has 10 rings (SSSR count). The lowest BCUT2D eigenvalue weighted by Crippen LogP contribution is -2.58. The Labute approximate surface area is 427 Å². The second-order valence-corrected chi connectivity index (χ2v) is 21.7. The summed E-state index contributed by atoms with van der Waals surface area (Å²) in [6, 6.07) is 24.7. The minimum atomic E-state index is -4.92. The fourth-order valence-corrected chi connectivity index (χ4v) is 11.9. The number of pyridine rings is 2. The van der Waals surface area contributed by atoms with Gasteiger partial charge < -0.3 is 23.8 Å². The molecule has 1 N–H and O–H groups in total. The number of nitrogens with one attached hydrogen (secondary N) is 1. The number of hydrogen-bond acceptors (Lipinski definition) is 9. The van der Waals surface area contributed by atoms with E-state index in [1.54, 1.807) is 59.4 Å². The van der Waals surface area contributed by atoms with Gasteiger partial charge in [-0.25, -0.2) is 27.9 Å². The number of carbonyl (C=O) groups excluding carboxylic acids is 1. The molecule has 1 spiro atoms. The van der Waals surface area contributed by atoms with Gasteiger partial charge in [-0.15, -0.1) is 0 Å². The molecule has 1 saturated carbocycles. The number of aromatic nitrogens is 2. The topological polar surface area (TPSA) is 98.3 Å². The number of amides is 1. The first-order valence-corrected chi connectivity index (χ1v) is 25.2. The molecule has 16 heteroatoms. The predicted octanol–water partition coefficient (Wildman–Crippen LogP) is 13.8. The maximum absolute atomic E-state index is 18.3. The van der Waals surface area contributed by atoms with Crippen LogP contribution in [0.5, 0.6) is 17.2 Å². The SMILES string of the molecule is COc1ccc(CN(Cc2ccc(OC)cc2)c2cc(-c3cc4c5c(cc(OC[C@@]67CCN6C[C@]6(CC6(F)F)C7)cc5c3F)C([C@@H](C)c3cccnc3NC(=O)OC(C)(C)C)CCC4)c(C(F)(F)F)c(C)n2)cc1. The molecule has 4 aliphatic rings. The monoisotopic (exact) mass is 1020 g/mol. The van der Waals surface area contributed by atoms with Gasteiger partial charge in [0, 0.05) is 55.3 Å². The molecule has 2 aliphatic heterocycles. The normalized spacial score (nSPS) is 21.3. The highest BCUT2D eigenvalue weighted by atomic mass is 19.4. The van der Waals surface area contributed by atoms with Crippen molar-refractivity contribution in [1.29, 1.82) is 0 Å². The van der Waals surface area contributed by atoms with E-state index in [1.165, 1.54) is 13.0 Å². The van der Waals surface area contributed by atoms with Crippen LogP contribution >= 0.6 is 0 Å². The molecule has 4 atom stereocenters. The second-order valence-electron chi connectivity index (χ2n) is 21.7. The molecular formula is C58H61F6N5O5. The van der Waals surface area contributed by atoms with E-state index in [0.717, 1.165) is 16.7 Å². The number of carbonyl (C=O) groups is 1. The molecule has 74 heavy (non-hydrogen) atoms. The summed E-state index contributed by atoms with van der Waals surface area (Å²) in [5.74, 6) is -2.19. The Bertz CT molecular complexity index is 3060. The van der Waals surface area contributed by atoms with Gasteiger partial charge in [0.15, 0.2) is 0 Å². The zero-order valence-corrected chi connectivity index (χ0v) is 42.7. The van der Waals surface area contributed by atoms with Gasteiger partial charge >= 0.3 is 12.3 Å². The maximum atomic E-state index is 18.3. The quantitative estimate of drug-likeness (QED) is 0.107. The molecule has 10 nitrogen and oxygen atoms in total. The molecule has 6 aromatic rings. The largest absolute Gasteiger partial charge is 0.497 e. The number of halogens is 6. The van der Waals surface area contributed by atoms with Crippen LogP contribution in [0.25, 0.3) is 21.9 Å². The van der Waals surface area contributed by atoms with Crippen LogP contribution in [0.15, 0.2) is 91.1 Å². The van der Waals surface area contributed by atoms with Gasteiger partial charge in [0.2, 0.25) is 0 Å². The van der Waals surface area contributed by atoms with Crippen molar-refractivity contribution in [3.8, 4) is 28.4 Å². The number of hydrogen-bond donors (Lipinski definition) is 1. The third-order valence-corrected chi connectivity index (χ3v) is 15.7. The highest BCUT2D eigenvalue weighted by Gasteiger charge is 2.78. The Hall–Kier alpha value is -6.55. The number of methoxy groups -OCH3 is 2. The number of nitrogens with zero attached hydrogens (tertiary/aromatic N) is 4. The molecule has 2 saturated heterocycles. The molecule has 390 valence electrons. The van der Waals surface area contributed by atoms with E-state index in [4.69, 9.17) is 18.9 Å². The molecule has 2 aliphatic carbocycles. The summed E-state index contributed by atoms with van der Waals surface area (Å²) in [7, 11) is 3.13. The highest BCUT2D eigenvalue weighted by molar-refractivity contribution is 5.96. The van der Waals surface area contributed by atoms with Crippen LogP contribution in [0, 0.1) is 18.2 Å². The lowest BCUT2D eigenvalue weighted by Gasteiger charge is -2.47. The summed E-state index contributed by atoms with van der Waals surface area (Å²) in [5, 5.41) is 3.47. The molecular weight excluding hydrogens is 961 g/mol. The summed E-state index contributed by atoms with van der Waals surface area (Å²) < 4.78 is 118. The van der Waals surface area contributed by atoms with Gasteiger partial charge in [-0.2, -0.15) is 13.2 Å². The van der Waals surface area contributed by atoms with E-state index in [1.807, 2.05) is 72.5 Å². The number of ether oxygens (including phenoxy) is 4. The van der Waals surface area contributed by atoms with Crippen LogP contribution in [-0.2, 0) is 30.4 Å². The van der Waals surface area contributed by atoms with Crippen LogP contribution in [0.3, 0.4) is 0 Å². The molecule has 0 bridgehead atoms. The van der Waals surface area contributed by atoms with E-state index in [9.17, 15) is 13.6 Å². The van der Waals surface area contributed by atoms with Crippen molar-refractivity contribution in [3.63, 3.8) is 0 Å². The first-order chi connectivity index (χ1) is 35.1. The fourth-order valence-electron chi connectivity index (χ4n) is 11.9. The van der Waals surface area contributed by atoms with Gasteiger partial charge in [-0.05, 0) is 159 Å². The van der Waals surface area contributed by atoms with Crippen molar-refractivity contribution in [2.45, 2.75) is 121 Å². The molecule has 0 radical (unpaired) electrons. The molecule has 1 unspecified atom stereocenters. The van der Waals surface area contributed by atoms with Gasteiger partial charge in [0.25, 0.3) is 5.92 Å². The summed E-state index contributed by atoms with van der Waals surface area (Å²) in [4.78, 5) is 26.2. The van der Waals surface area contributed by atoms with E-state index >= 15 is 17.6 Å². The molecule has 1 amide bonds. The minimum Gasteiger partial charge on any atom is -0.497 e. The van der Waals surface area contributed by atoms with Crippen molar-refractivity contribution in [1.82, 2.24) is 14.9 Å². The minimum absolute atomic E-state index is 0.0828. The molecule has 2 aromatic heterocycles. The molecule has 4 aromatic carbocycles. The van der Waals surface area contributed by atoms with Gasteiger partial charge in [0.1, 0.15) is 46.9 Å². The number of rotatable bonds is 14. The van der Waals surface area contributed by atoms with Crippen LogP contribution < -0.4 is 24.4 Å². The van der Waals surface area contributed by atoms with Crippen LogP contribution in [0.1, 0.15) is 111 Å². The summed E-state index contributed by atoms with van der Waals surface area (Å²) in [6.45, 7) is 10.1. The fraction of sp³-hybridized carbons (Fsp3) is 0.431. The smallest absolute Gasteiger partial charge is 0.418 e. The molecule has 3 fully saturated rings. The first kappa shape index (κ1) is 51.0. The third kappa shape index (κ3) is 9.70. The number of alkyl halides is 5. The van der Waals surface area contributed by atoms with Crippen molar-refractivity contribution in [3.05, 3.63) is 136 Å². The van der Waals surface area contributed by atoms with Gasteiger partial charge in [0.05, 0.1) is 36.4 Å². The van der Waals surface area contributed by atoms with Crippen LogP contribution in [0.4, 0.5) is 42.8 Å². The Morgan fingerprint density at radius 2 is 1.57 bits per heavy atom. The number of anilines is 2. The Morgan fingerprint density at radius 3 is 2.15 bits per heavy atom. The Kier molecular flexibility index (Phi) is 13.1. The van der Waals surface area contributed by atoms with Crippen molar-refractivity contribution >= 4 is 28.5 Å². The van der Waals surface area contributed by atoms with Crippen molar-refractivity contribution in [2.24, 2.45) is 5.41 Å². The van der Waals surface area contributed by atoms with E-state index in [2.05, 4.69) is 20.2 Å².